The van der Waals surface area contributed by atoms with Gasteiger partial charge >= 0.3 is 6.03 Å². The molecule has 0 aromatic heterocycles. The van der Waals surface area contributed by atoms with E-state index in [0.717, 1.165) is 29.8 Å². The summed E-state index contributed by atoms with van der Waals surface area (Å²) in [6, 6.07) is 9.85. The Balaban J connectivity index is 1.87. The van der Waals surface area contributed by atoms with Gasteiger partial charge in [-0.05, 0) is 42.7 Å². The summed E-state index contributed by atoms with van der Waals surface area (Å²) in [4.78, 5) is 14.2. The molecule has 1 fully saturated rings. The predicted octanol–water partition coefficient (Wildman–Crippen LogP) is 3.89. The van der Waals surface area contributed by atoms with E-state index in [2.05, 4.69) is 18.3 Å². The van der Waals surface area contributed by atoms with Gasteiger partial charge in [-0.1, -0.05) is 19.1 Å². The molecular weight excluding hydrogens is 294 g/mol. The van der Waals surface area contributed by atoms with Crippen LogP contribution in [0, 0.1) is 11.3 Å². The molecule has 22 heavy (non-hydrogen) atoms. The van der Waals surface area contributed by atoms with Crippen molar-refractivity contribution in [3.63, 3.8) is 0 Å². The Morgan fingerprint density at radius 2 is 2.14 bits per heavy atom. The molecule has 4 nitrogen and oxygen atoms in total. The smallest absolute Gasteiger partial charge is 0.321 e. The number of hydrogen-bond acceptors (Lipinski definition) is 3. The Labute approximate surface area is 136 Å². The van der Waals surface area contributed by atoms with Crippen LogP contribution in [0.25, 0.3) is 0 Å². The maximum absolute atomic E-state index is 12.3. The maximum atomic E-state index is 12.3. The average Bonchev–Trinajstić information content (AvgIpc) is 2.98. The van der Waals surface area contributed by atoms with Gasteiger partial charge in [-0.3, -0.25) is 0 Å². The third-order valence-corrected chi connectivity index (χ3v) is 5.35. The molecule has 2 unspecified atom stereocenters. The van der Waals surface area contributed by atoms with Crippen LogP contribution in [0.1, 0.15) is 31.7 Å². The van der Waals surface area contributed by atoms with Crippen molar-refractivity contribution < 1.29 is 4.79 Å². The molecule has 0 spiro atoms. The van der Waals surface area contributed by atoms with E-state index in [1.165, 1.54) is 6.42 Å². The van der Waals surface area contributed by atoms with Gasteiger partial charge in [0.2, 0.25) is 0 Å². The van der Waals surface area contributed by atoms with Gasteiger partial charge in [0.15, 0.2) is 0 Å². The quantitative estimate of drug-likeness (QED) is 0.896. The van der Waals surface area contributed by atoms with Crippen LogP contribution in [0.5, 0.6) is 0 Å². The molecule has 0 radical (unpaired) electrons. The van der Waals surface area contributed by atoms with Crippen molar-refractivity contribution in [2.45, 2.75) is 43.9 Å². The summed E-state index contributed by atoms with van der Waals surface area (Å²) in [5.74, 6) is 1.14. The number of urea groups is 1. The van der Waals surface area contributed by atoms with E-state index in [1.807, 2.05) is 48.0 Å². The van der Waals surface area contributed by atoms with Crippen molar-refractivity contribution in [3.8, 4) is 6.07 Å². The fraction of sp³-hybridized carbons (Fsp3) is 0.529. The number of carbonyl (C=O) groups is 1. The SMILES string of the molecule is CCSC1CCC(N(C)C(=O)Nc2ccc(CC#N)cc2)C1. The highest BCUT2D eigenvalue weighted by Crippen LogP contribution is 2.32. The molecule has 1 aromatic carbocycles. The number of amides is 2. The monoisotopic (exact) mass is 317 g/mol. The minimum atomic E-state index is -0.0554. The number of nitrogens with zero attached hydrogens (tertiary/aromatic N) is 2. The zero-order valence-electron chi connectivity index (χ0n) is 13.2. The van der Waals surface area contributed by atoms with E-state index in [4.69, 9.17) is 5.26 Å². The summed E-state index contributed by atoms with van der Waals surface area (Å²) in [6.07, 6.45) is 3.77. The highest BCUT2D eigenvalue weighted by molar-refractivity contribution is 7.99. The van der Waals surface area contributed by atoms with Crippen molar-refractivity contribution >= 4 is 23.5 Å². The summed E-state index contributed by atoms with van der Waals surface area (Å²) in [7, 11) is 1.88. The Bertz CT molecular complexity index is 538. The van der Waals surface area contributed by atoms with Gasteiger partial charge in [-0.25, -0.2) is 4.79 Å². The van der Waals surface area contributed by atoms with Crippen LogP contribution in [0.15, 0.2) is 24.3 Å². The van der Waals surface area contributed by atoms with Crippen LogP contribution in [0.4, 0.5) is 10.5 Å². The van der Waals surface area contributed by atoms with Crippen LogP contribution in [-0.2, 0) is 6.42 Å². The summed E-state index contributed by atoms with van der Waals surface area (Å²) >= 11 is 2.00. The predicted molar refractivity (Wildman–Crippen MR) is 92.1 cm³/mol. The lowest BCUT2D eigenvalue weighted by Gasteiger charge is -2.25. The first-order valence-corrected chi connectivity index (χ1v) is 8.80. The maximum Gasteiger partial charge on any atom is 0.321 e. The third-order valence-electron chi connectivity index (χ3n) is 4.12. The fourth-order valence-corrected chi connectivity index (χ4v) is 3.96. The zero-order valence-corrected chi connectivity index (χ0v) is 14.0. The minimum absolute atomic E-state index is 0.0554. The molecule has 2 atom stereocenters. The molecule has 1 aromatic rings. The summed E-state index contributed by atoms with van der Waals surface area (Å²) in [5, 5.41) is 12.3. The molecule has 1 aliphatic rings. The number of carbonyl (C=O) groups excluding carboxylic acids is 1. The molecule has 0 saturated heterocycles. The van der Waals surface area contributed by atoms with Crippen molar-refractivity contribution in [1.82, 2.24) is 4.90 Å². The molecule has 1 aliphatic carbocycles. The van der Waals surface area contributed by atoms with Crippen LogP contribution >= 0.6 is 11.8 Å². The van der Waals surface area contributed by atoms with Gasteiger partial charge in [0, 0.05) is 24.0 Å². The number of nitriles is 1. The number of hydrogen-bond donors (Lipinski definition) is 1. The fourth-order valence-electron chi connectivity index (χ4n) is 2.83. The highest BCUT2D eigenvalue weighted by Gasteiger charge is 2.29. The Morgan fingerprint density at radius 1 is 1.41 bits per heavy atom. The van der Waals surface area contributed by atoms with Crippen LogP contribution in [0.2, 0.25) is 0 Å². The Morgan fingerprint density at radius 3 is 2.77 bits per heavy atom. The molecule has 0 bridgehead atoms. The molecule has 2 amide bonds. The first-order chi connectivity index (χ1) is 10.6. The molecule has 0 heterocycles. The number of rotatable bonds is 5. The second kappa shape index (κ2) is 8.09. The van der Waals surface area contributed by atoms with Crippen LogP contribution < -0.4 is 5.32 Å². The second-order valence-corrected chi connectivity index (χ2v) is 7.19. The van der Waals surface area contributed by atoms with E-state index in [0.29, 0.717) is 17.7 Å². The number of benzene rings is 1. The summed E-state index contributed by atoms with van der Waals surface area (Å²) in [6.45, 7) is 2.18. The van der Waals surface area contributed by atoms with Gasteiger partial charge in [0.25, 0.3) is 0 Å². The minimum Gasteiger partial charge on any atom is -0.325 e. The van der Waals surface area contributed by atoms with Gasteiger partial charge in [0.05, 0.1) is 12.5 Å². The van der Waals surface area contributed by atoms with Gasteiger partial charge < -0.3 is 10.2 Å². The van der Waals surface area contributed by atoms with Gasteiger partial charge in [0.1, 0.15) is 0 Å². The van der Waals surface area contributed by atoms with Crippen molar-refractivity contribution in [1.29, 1.82) is 5.26 Å². The molecule has 1 N–H and O–H groups in total. The van der Waals surface area contributed by atoms with E-state index in [9.17, 15) is 4.79 Å². The molecule has 2 rings (SSSR count). The van der Waals surface area contributed by atoms with Crippen LogP contribution in [0.3, 0.4) is 0 Å². The molecule has 118 valence electrons. The number of nitrogens with one attached hydrogen (secondary N) is 1. The van der Waals surface area contributed by atoms with E-state index >= 15 is 0 Å². The highest BCUT2D eigenvalue weighted by atomic mass is 32.2. The van der Waals surface area contributed by atoms with Crippen LogP contribution in [-0.4, -0.2) is 35.0 Å². The molecular formula is C17H23N3OS. The lowest BCUT2D eigenvalue weighted by Crippen LogP contribution is -2.38. The Kier molecular flexibility index (Phi) is 6.14. The van der Waals surface area contributed by atoms with E-state index < -0.39 is 0 Å². The molecule has 1 saturated carbocycles. The summed E-state index contributed by atoms with van der Waals surface area (Å²) < 4.78 is 0. The lowest BCUT2D eigenvalue weighted by atomic mass is 10.1. The van der Waals surface area contributed by atoms with Gasteiger partial charge in [-0.2, -0.15) is 17.0 Å². The standard InChI is InChI=1S/C17H23N3OS/c1-3-22-16-9-8-15(12-16)20(2)17(21)19-14-6-4-13(5-7-14)10-11-18/h4-7,15-16H,3,8-10,12H2,1-2H3,(H,19,21). The number of thioether (sulfide) groups is 1. The average molecular weight is 317 g/mol. The number of anilines is 1. The lowest BCUT2D eigenvalue weighted by molar-refractivity contribution is 0.205. The normalized spacial score (nSPS) is 20.4. The molecule has 5 heteroatoms. The Hall–Kier alpha value is -1.67. The first kappa shape index (κ1) is 16.7. The van der Waals surface area contributed by atoms with Gasteiger partial charge in [-0.15, -0.1) is 0 Å². The zero-order chi connectivity index (χ0) is 15.9. The largest absolute Gasteiger partial charge is 0.325 e. The third kappa shape index (κ3) is 4.41. The second-order valence-electron chi connectivity index (χ2n) is 5.62. The van der Waals surface area contributed by atoms with Crippen molar-refractivity contribution in [3.05, 3.63) is 29.8 Å². The van der Waals surface area contributed by atoms with Crippen molar-refractivity contribution in [2.24, 2.45) is 0 Å². The topological polar surface area (TPSA) is 56.1 Å². The van der Waals surface area contributed by atoms with E-state index in [1.54, 1.807) is 0 Å². The first-order valence-electron chi connectivity index (χ1n) is 7.75. The molecule has 0 aliphatic heterocycles. The van der Waals surface area contributed by atoms with Crippen molar-refractivity contribution in [2.75, 3.05) is 18.1 Å². The summed E-state index contributed by atoms with van der Waals surface area (Å²) in [5.41, 5.74) is 1.74. The van der Waals surface area contributed by atoms with E-state index in [-0.39, 0.29) is 6.03 Å².